The Morgan fingerprint density at radius 3 is 1.16 bits per heavy atom. The Labute approximate surface area is 795 Å². The average molecular weight is 1910 g/mol. The molecule has 5 saturated heterocycles. The van der Waals surface area contributed by atoms with Gasteiger partial charge in [-0.2, -0.15) is 0 Å². The first-order chi connectivity index (χ1) is 64.6. The third-order valence-electron chi connectivity index (χ3n) is 27.0. The van der Waals surface area contributed by atoms with Crippen LogP contribution in [0.3, 0.4) is 0 Å². The molecule has 0 amide bonds. The fourth-order valence-electron chi connectivity index (χ4n) is 20.3. The van der Waals surface area contributed by atoms with Crippen molar-refractivity contribution in [3.63, 3.8) is 0 Å². The molecule has 8 aromatic carbocycles. The maximum absolute atomic E-state index is 15.1. The van der Waals surface area contributed by atoms with Crippen molar-refractivity contribution in [1.82, 2.24) is 0 Å². The van der Waals surface area contributed by atoms with Crippen molar-refractivity contribution in [2.75, 3.05) is 33.0 Å². The molecule has 5 heterocycles. The number of nitrogens with zero attached hydrogens (tertiary/aromatic N) is 9. The van der Waals surface area contributed by atoms with Gasteiger partial charge >= 0.3 is 601 Å². The molecular formula is C97H123B4N9O19P2Si3. The molecule has 0 aromatic heterocycles. The maximum atomic E-state index is 15.1. The van der Waals surface area contributed by atoms with Crippen molar-refractivity contribution in [3.05, 3.63) is 285 Å². The van der Waals surface area contributed by atoms with E-state index in [0.29, 0.717) is 7.04 Å². The quantitative estimate of drug-likeness (QED) is 0.00902. The van der Waals surface area contributed by atoms with E-state index in [1.165, 1.54) is 13.8 Å². The van der Waals surface area contributed by atoms with Crippen LogP contribution >= 0.6 is 16.9 Å². The van der Waals surface area contributed by atoms with Gasteiger partial charge in [-0.3, -0.25) is 0 Å². The van der Waals surface area contributed by atoms with E-state index in [1.54, 1.807) is 37.3 Å². The third-order valence-corrected chi connectivity index (χ3v) is 45.0. The molecule has 2 N–H and O–H groups in total. The number of esters is 1. The van der Waals surface area contributed by atoms with Crippen molar-refractivity contribution in [2.24, 2.45) is 39.0 Å². The predicted molar refractivity (Wildman–Crippen MR) is 528 cm³/mol. The Hall–Kier alpha value is -8.07. The number of rotatable bonds is 39. The van der Waals surface area contributed by atoms with Gasteiger partial charge in [0.15, 0.2) is 0 Å². The van der Waals surface area contributed by atoms with Gasteiger partial charge in [-0.15, -0.1) is 0 Å². The predicted octanol–water partition coefficient (Wildman–Crippen LogP) is 13.6. The summed E-state index contributed by atoms with van der Waals surface area (Å²) in [5.74, 6) is -3.95. The van der Waals surface area contributed by atoms with Gasteiger partial charge in [-0.05, 0) is 39.0 Å². The Kier molecular flexibility index (Phi) is 36.3. The number of azide groups is 3. The molecule has 13 rings (SSSR count). The minimum Gasteiger partial charge on any atom is -0.0622 e. The Morgan fingerprint density at radius 1 is 0.381 bits per heavy atom. The zero-order valence-electron chi connectivity index (χ0n) is 78.4. The normalized spacial score (nSPS) is 29.4. The number of carbonyl (C=O) groups excluding carboxylic acids is 1. The summed E-state index contributed by atoms with van der Waals surface area (Å²) in [6.07, 6.45) is -19.3. The van der Waals surface area contributed by atoms with Crippen LogP contribution in [-0.4, -0.2) is 230 Å². The van der Waals surface area contributed by atoms with Gasteiger partial charge in [0.1, 0.15) is 6.10 Å². The molecule has 134 heavy (non-hydrogen) atoms. The molecule has 0 saturated carbocycles. The molecular weight excluding hydrogens is 1780 g/mol. The summed E-state index contributed by atoms with van der Waals surface area (Å²) in [7, 11) is -9.10. The second kappa shape index (κ2) is 47.1. The molecule has 5 fully saturated rings. The summed E-state index contributed by atoms with van der Waals surface area (Å²) in [6.45, 7) is 30.2. The molecule has 27 atom stereocenters. The van der Waals surface area contributed by atoms with E-state index in [4.69, 9.17) is 65.4 Å². The molecule has 704 valence electrons. The van der Waals surface area contributed by atoms with Crippen LogP contribution in [0.2, 0.25) is 15.1 Å². The van der Waals surface area contributed by atoms with E-state index < -0.39 is 211 Å². The Balaban J connectivity index is 0.880. The van der Waals surface area contributed by atoms with Crippen LogP contribution in [0.5, 0.6) is 0 Å². The molecule has 12 unspecified atom stereocenters. The van der Waals surface area contributed by atoms with Crippen molar-refractivity contribution in [1.29, 1.82) is 0 Å². The number of hydrogen-bond donors (Lipinski definition) is 2. The summed E-state index contributed by atoms with van der Waals surface area (Å²) in [4.78, 5) is 25.3. The summed E-state index contributed by atoms with van der Waals surface area (Å²) >= 11 is 0. The number of aliphatic hydroxyl groups is 2. The number of carbonyl (C=O) groups is 1. The minimum atomic E-state index is -3.56. The summed E-state index contributed by atoms with van der Waals surface area (Å²) < 4.78 is 128. The van der Waals surface area contributed by atoms with Crippen LogP contribution < -0.4 is 31.1 Å². The first kappa shape index (κ1) is 103. The van der Waals surface area contributed by atoms with E-state index in [9.17, 15) is 36.2 Å². The molecule has 5 aliphatic rings. The first-order valence-corrected chi connectivity index (χ1v) is 54.1. The topological polar surface area (TPSA) is 367 Å². The summed E-state index contributed by atoms with van der Waals surface area (Å²) in [5.41, 5.74) is 31.7. The standard InChI is InChI=1S/C97H123B4N9O19P2Si3/c1-61-76(58-117-132(95(6,7)8,68-43-27-17-28-44-68)69-45-29-18-30-46-69)123-93(81(107-110-104)88(61)130-100-98-114)126-83-63(3)85(125-90(113)67-41-25-16-26-42-67)94(122-74(83)55-111)127-82-62(2)79(105-108-102)92(124-77(82)59-118-133(96(9,10)11,70-47-31-19-32-48-70)71-49-33-20-34-50-71)128-86-75(56-112)121-91(64(4)84(86)116-57-66-39-23-15-24-40-66)129-87-78(120-65(5)80(106-109-103)89(87)131-101-99-115)60-119-134(97(12,13)14,72-51-35-21-36-52-72)73-53-37-22-38-54-73/h15-54,61-65,74-89,91-94,111-112,130-131H,55-60H2,1-14H3/t61-,62-,63+,64?,65+,74?,75?,76?,77?,78?,79?,80?,81?,82+,83+,84+,85?,86-,87-,88+,89-,91+,92+,93+,94+/m1/s1. The average Bonchev–Trinajstić information content (AvgIpc) is 0.746. The minimum absolute atomic E-state index is 0.0154. The first-order valence-electron chi connectivity index (χ1n) is 46.0. The molecule has 28 nitrogen and oxygen atoms in total. The fourth-order valence-corrected chi connectivity index (χ4v) is 36.6. The van der Waals surface area contributed by atoms with Gasteiger partial charge in [0.25, 0.3) is 8.32 Å². The van der Waals surface area contributed by atoms with Crippen LogP contribution in [0.15, 0.2) is 258 Å². The third kappa shape index (κ3) is 22.7. The van der Waals surface area contributed by atoms with E-state index in [-0.39, 0.29) is 48.9 Å². The van der Waals surface area contributed by atoms with Gasteiger partial charge in [0, 0.05) is 4.91 Å². The zero-order valence-corrected chi connectivity index (χ0v) is 83.4. The van der Waals surface area contributed by atoms with E-state index in [1.807, 2.05) is 167 Å². The van der Waals surface area contributed by atoms with Gasteiger partial charge in [0.05, 0.1) is 6.61 Å². The Morgan fingerprint density at radius 2 is 0.724 bits per heavy atom. The molecule has 8 aromatic rings. The molecule has 37 heteroatoms. The van der Waals surface area contributed by atoms with E-state index in [0.717, 1.165) is 43.7 Å². The number of aliphatic hydroxyl groups excluding tert-OH is 2. The molecule has 0 spiro atoms. The Bertz CT molecular complexity index is 5110. The van der Waals surface area contributed by atoms with Crippen LogP contribution in [0.4, 0.5) is 0 Å². The molecule has 2 radical (unpaired) electrons. The van der Waals surface area contributed by atoms with E-state index in [2.05, 4.69) is 165 Å². The second-order valence-electron chi connectivity index (χ2n) is 38.3. The van der Waals surface area contributed by atoms with Crippen molar-refractivity contribution < 1.29 is 89.8 Å². The fraction of sp³-hybridized carbons (Fsp3) is 0.495. The number of ether oxygens (including phenoxy) is 11. The molecule has 0 bridgehead atoms. The van der Waals surface area contributed by atoms with Crippen molar-refractivity contribution >= 4 is 107 Å². The van der Waals surface area contributed by atoms with Crippen LogP contribution in [0, 0.1) is 23.7 Å². The zero-order chi connectivity index (χ0) is 95.5. The van der Waals surface area contributed by atoms with Gasteiger partial charge < -0.3 is 4.43 Å². The van der Waals surface area contributed by atoms with Gasteiger partial charge in [0.2, 0.25) is 0 Å². The molecule has 5 aliphatic heterocycles. The van der Waals surface area contributed by atoms with Crippen LogP contribution in [0.1, 0.15) is 113 Å². The number of hydrogen-bond acceptors (Lipinski definition) is 22. The van der Waals surface area contributed by atoms with Crippen molar-refractivity contribution in [3.8, 4) is 0 Å². The second-order valence-corrected chi connectivity index (χ2v) is 53.8. The van der Waals surface area contributed by atoms with Gasteiger partial charge in [-0.25, -0.2) is 0 Å². The smallest absolute Gasteiger partial charge is 0.0622 e. The summed E-state index contributed by atoms with van der Waals surface area (Å²) in [5, 5.41) is 41.9. The SMILES string of the molecule is CC1[C@H](O[C@@H]2C(CO[Si](c3ccccc3)(c3ccccc3)C(C)(C)C)O[C@@H](C)C(N=[N+]=[N-])[C@H]2P[B]B=O)OC(CO)[C@@H](O[C@@H]2OC(CO[Si](c3ccccc3)(c3ccccc3)C(C)(C)C)[C@@H](O[C@@H]3OC(CO)[C@@H](O[C@@H]4OC(CO[Si](c5ccccc5)(c5ccccc5)C(C)(C)C)[C@@H](C)[C@H](P[B]B=O)C4N=[N+]=[N-])[C@H](C)C3OC(=O)c3ccccc3)[C@H](C)C2N=[N+]=[N-])[C@H]1OCc1ccccc1. The van der Waals surface area contributed by atoms with E-state index >= 15 is 4.79 Å². The monoisotopic (exact) mass is 1910 g/mol. The van der Waals surface area contributed by atoms with Gasteiger partial charge in [-0.1, -0.05) is 130 Å². The van der Waals surface area contributed by atoms with Crippen molar-refractivity contribution in [2.45, 2.75) is 247 Å². The summed E-state index contributed by atoms with van der Waals surface area (Å²) in [6, 6.07) is 75.5. The van der Waals surface area contributed by atoms with Crippen LogP contribution in [-0.2, 0) is 81.4 Å². The molecule has 0 aliphatic carbocycles. The van der Waals surface area contributed by atoms with Crippen LogP contribution in [0.25, 0.3) is 31.3 Å². The number of benzene rings is 8.